The van der Waals surface area contributed by atoms with Crippen molar-refractivity contribution in [1.29, 1.82) is 0 Å². The molecule has 0 atom stereocenters. The highest BCUT2D eigenvalue weighted by Crippen LogP contribution is 2.31. The summed E-state index contributed by atoms with van der Waals surface area (Å²) in [5, 5.41) is 8.39. The van der Waals surface area contributed by atoms with Crippen molar-refractivity contribution in [3.63, 3.8) is 0 Å². The highest BCUT2D eigenvalue weighted by molar-refractivity contribution is 7.99. The van der Waals surface area contributed by atoms with E-state index in [0.717, 1.165) is 12.9 Å². The average Bonchev–Trinajstić information content (AvgIpc) is 2.87. The molecule has 2 rings (SSSR count). The maximum atomic E-state index is 11.9. The molecule has 0 radical (unpaired) electrons. The van der Waals surface area contributed by atoms with E-state index in [0.29, 0.717) is 10.2 Å². The molecule has 0 spiro atoms. The van der Waals surface area contributed by atoms with Gasteiger partial charge in [-0.2, -0.15) is 8.42 Å². The monoisotopic (exact) mass is 334 g/mol. The van der Waals surface area contributed by atoms with Crippen molar-refractivity contribution < 1.29 is 17.0 Å². The first kappa shape index (κ1) is 15.3. The Morgan fingerprint density at radius 2 is 2.15 bits per heavy atom. The molecule has 0 saturated heterocycles. The van der Waals surface area contributed by atoms with Gasteiger partial charge in [0.15, 0.2) is 0 Å². The van der Waals surface area contributed by atoms with Crippen LogP contribution in [-0.2, 0) is 14.3 Å². The van der Waals surface area contributed by atoms with Gasteiger partial charge in [0, 0.05) is 5.02 Å². The summed E-state index contributed by atoms with van der Waals surface area (Å²) in [6, 6.07) is 4.24. The molecule has 0 bridgehead atoms. The van der Waals surface area contributed by atoms with E-state index in [-0.39, 0.29) is 16.3 Å². The molecule has 1 aromatic carbocycles. The molecule has 2 aromatic rings. The van der Waals surface area contributed by atoms with Crippen LogP contribution < -0.4 is 0 Å². The maximum Gasteiger partial charge on any atom is 0.297 e. The topological polar surface area (TPSA) is 82.3 Å². The van der Waals surface area contributed by atoms with Crippen molar-refractivity contribution in [2.45, 2.75) is 17.0 Å². The average molecular weight is 335 g/mol. The van der Waals surface area contributed by atoms with Gasteiger partial charge in [0.25, 0.3) is 15.3 Å². The minimum Gasteiger partial charge on any atom is -0.411 e. The van der Waals surface area contributed by atoms with E-state index >= 15 is 0 Å². The fourth-order valence-corrected chi connectivity index (χ4v) is 2.96. The van der Waals surface area contributed by atoms with Crippen molar-refractivity contribution in [2.24, 2.45) is 0 Å². The molecule has 0 fully saturated rings. The summed E-state index contributed by atoms with van der Waals surface area (Å²) in [6.07, 6.45) is 0. The first-order valence-electron chi connectivity index (χ1n) is 5.54. The lowest BCUT2D eigenvalue weighted by atomic mass is 10.2. The smallest absolute Gasteiger partial charge is 0.297 e. The molecule has 1 heterocycles. The first-order valence-corrected chi connectivity index (χ1v) is 8.32. The molecule has 108 valence electrons. The quantitative estimate of drug-likeness (QED) is 0.614. The van der Waals surface area contributed by atoms with Gasteiger partial charge in [0.05, 0.1) is 12.7 Å². The lowest BCUT2D eigenvalue weighted by molar-refractivity contribution is 0.397. The zero-order valence-electron chi connectivity index (χ0n) is 10.7. The first-order chi connectivity index (χ1) is 9.47. The van der Waals surface area contributed by atoms with Crippen LogP contribution in [0.3, 0.4) is 0 Å². The minimum atomic E-state index is -3.89. The molecule has 1 aromatic heterocycles. The predicted octanol–water partition coefficient (Wildman–Crippen LogP) is 2.84. The summed E-state index contributed by atoms with van der Waals surface area (Å²) < 4.78 is 33.7. The second-order valence-corrected chi connectivity index (χ2v) is 6.90. The number of nitrogens with zero attached hydrogens (tertiary/aromatic N) is 2. The van der Waals surface area contributed by atoms with Crippen LogP contribution in [0.2, 0.25) is 5.02 Å². The van der Waals surface area contributed by atoms with Crippen LogP contribution in [0.1, 0.15) is 6.92 Å². The lowest BCUT2D eigenvalue weighted by Crippen LogP contribution is -2.04. The molecule has 20 heavy (non-hydrogen) atoms. The predicted molar refractivity (Wildman–Crippen MR) is 75.3 cm³/mol. The van der Waals surface area contributed by atoms with Gasteiger partial charge in [0.2, 0.25) is 5.89 Å². The molecule has 0 saturated carbocycles. The molecule has 0 aliphatic heterocycles. The molecule has 9 heteroatoms. The molecule has 0 aliphatic carbocycles. The second kappa shape index (κ2) is 6.13. The normalized spacial score (nSPS) is 11.8. The molecule has 0 aliphatic rings. The van der Waals surface area contributed by atoms with Gasteiger partial charge in [0.1, 0.15) is 4.90 Å². The van der Waals surface area contributed by atoms with Gasteiger partial charge in [-0.1, -0.05) is 30.3 Å². The second-order valence-electron chi connectivity index (χ2n) is 3.57. The summed E-state index contributed by atoms with van der Waals surface area (Å²) in [4.78, 5) is -0.0684. The molecule has 0 amide bonds. The third-order valence-corrected chi connectivity index (χ3v) is 4.60. The van der Waals surface area contributed by atoms with Crippen molar-refractivity contribution >= 4 is 33.5 Å². The van der Waals surface area contributed by atoms with Crippen LogP contribution in [0.5, 0.6) is 0 Å². The Labute approximate surface area is 125 Å². The number of aromatic nitrogens is 2. The number of hydrogen-bond acceptors (Lipinski definition) is 7. The van der Waals surface area contributed by atoms with Crippen molar-refractivity contribution in [2.75, 3.05) is 12.9 Å². The molecule has 0 N–H and O–H groups in total. The van der Waals surface area contributed by atoms with Crippen LogP contribution in [0.15, 0.2) is 32.7 Å². The number of halogens is 1. The Morgan fingerprint density at radius 1 is 1.40 bits per heavy atom. The van der Waals surface area contributed by atoms with E-state index in [1.807, 2.05) is 6.92 Å². The van der Waals surface area contributed by atoms with Crippen LogP contribution in [0.4, 0.5) is 0 Å². The number of hydrogen-bond donors (Lipinski definition) is 0. The Bertz CT molecular complexity index is 715. The van der Waals surface area contributed by atoms with Crippen molar-refractivity contribution in [1.82, 2.24) is 10.2 Å². The van der Waals surface area contributed by atoms with Gasteiger partial charge in [-0.25, -0.2) is 0 Å². The van der Waals surface area contributed by atoms with E-state index < -0.39 is 10.1 Å². The van der Waals surface area contributed by atoms with E-state index in [1.54, 1.807) is 0 Å². The number of rotatable bonds is 5. The summed E-state index contributed by atoms with van der Waals surface area (Å²) >= 11 is 7.26. The Kier molecular flexibility index (Phi) is 4.69. The fourth-order valence-electron chi connectivity index (χ4n) is 1.48. The number of thioether (sulfide) groups is 1. The minimum absolute atomic E-state index is 0.0684. The third-order valence-electron chi connectivity index (χ3n) is 2.34. The van der Waals surface area contributed by atoms with E-state index in [9.17, 15) is 8.42 Å². The van der Waals surface area contributed by atoms with Crippen LogP contribution in [0.25, 0.3) is 11.5 Å². The summed E-state index contributed by atoms with van der Waals surface area (Å²) in [5.41, 5.74) is 0.217. The summed E-state index contributed by atoms with van der Waals surface area (Å²) in [7, 11) is -2.81. The standard InChI is InChI=1S/C11H11ClN2O4S2/c1-3-19-11-14-13-10(18-11)8-6-7(12)4-5-9(8)20(15,16)17-2/h4-6H,3H2,1-2H3. The Balaban J connectivity index is 2.57. The van der Waals surface area contributed by atoms with E-state index in [2.05, 4.69) is 14.4 Å². The molecule has 0 unspecified atom stereocenters. The van der Waals surface area contributed by atoms with Crippen molar-refractivity contribution in [3.8, 4) is 11.5 Å². The van der Waals surface area contributed by atoms with Gasteiger partial charge in [-0.15, -0.1) is 10.2 Å². The van der Waals surface area contributed by atoms with Crippen LogP contribution in [0, 0.1) is 0 Å². The van der Waals surface area contributed by atoms with Crippen LogP contribution >= 0.6 is 23.4 Å². The largest absolute Gasteiger partial charge is 0.411 e. The number of benzene rings is 1. The van der Waals surface area contributed by atoms with Gasteiger partial charge in [-0.05, 0) is 24.0 Å². The summed E-state index contributed by atoms with van der Waals surface area (Å²) in [5.74, 6) is 0.847. The van der Waals surface area contributed by atoms with Crippen LogP contribution in [-0.4, -0.2) is 31.5 Å². The van der Waals surface area contributed by atoms with E-state index in [1.165, 1.54) is 30.0 Å². The van der Waals surface area contributed by atoms with Crippen molar-refractivity contribution in [3.05, 3.63) is 23.2 Å². The van der Waals surface area contributed by atoms with E-state index in [4.69, 9.17) is 16.0 Å². The highest BCUT2D eigenvalue weighted by Gasteiger charge is 2.23. The zero-order chi connectivity index (χ0) is 14.8. The zero-order valence-corrected chi connectivity index (χ0v) is 13.0. The molecular formula is C11H11ClN2O4S2. The Morgan fingerprint density at radius 3 is 2.80 bits per heavy atom. The SMILES string of the molecule is CCSc1nnc(-c2cc(Cl)ccc2S(=O)(=O)OC)o1. The molecule has 6 nitrogen and oxygen atoms in total. The van der Waals surface area contributed by atoms with Gasteiger partial charge >= 0.3 is 0 Å². The molecular weight excluding hydrogens is 324 g/mol. The maximum absolute atomic E-state index is 11.9. The summed E-state index contributed by atoms with van der Waals surface area (Å²) in [6.45, 7) is 1.94. The highest BCUT2D eigenvalue weighted by atomic mass is 35.5. The lowest BCUT2D eigenvalue weighted by Gasteiger charge is -2.06. The van der Waals surface area contributed by atoms with Gasteiger partial charge < -0.3 is 4.42 Å². The Hall–Kier alpha value is -1.09. The third kappa shape index (κ3) is 3.14. The van der Waals surface area contributed by atoms with Gasteiger partial charge in [-0.3, -0.25) is 4.18 Å². The fraction of sp³-hybridized carbons (Fsp3) is 0.273.